The number of nitrogens with zero attached hydrogens (tertiary/aromatic N) is 2. The third kappa shape index (κ3) is 5.96. The lowest BCUT2D eigenvalue weighted by Gasteiger charge is -2.42. The molecule has 1 amide bonds. The zero-order chi connectivity index (χ0) is 16.3. The first kappa shape index (κ1) is 23.0. The van der Waals surface area contributed by atoms with Gasteiger partial charge in [-0.3, -0.25) is 4.79 Å². The predicted molar refractivity (Wildman–Crippen MR) is 108 cm³/mol. The van der Waals surface area contributed by atoms with Gasteiger partial charge in [-0.2, -0.15) is 0 Å². The largest absolute Gasteiger partial charge is 0.352 e. The molecule has 2 heterocycles. The molecule has 2 aliphatic heterocycles. The topological polar surface area (TPSA) is 61.6 Å². The summed E-state index contributed by atoms with van der Waals surface area (Å²) in [5.41, 5.74) is 5.76. The average molecular weight is 395 g/mol. The van der Waals surface area contributed by atoms with Crippen LogP contribution in [0.1, 0.15) is 57.8 Å². The maximum absolute atomic E-state index is 12.6. The van der Waals surface area contributed by atoms with Crippen molar-refractivity contribution in [3.8, 4) is 0 Å². The number of amides is 1. The number of carbonyl (C=O) groups excluding carboxylic acids is 1. The quantitative estimate of drug-likeness (QED) is 0.769. The molecular formula is C18H36Cl2N4O. The molecule has 0 spiro atoms. The number of likely N-dealkylation sites (tertiary alicyclic amines) is 2. The number of rotatable bonds is 3. The van der Waals surface area contributed by atoms with E-state index in [-0.39, 0.29) is 30.7 Å². The van der Waals surface area contributed by atoms with Gasteiger partial charge in [-0.25, -0.2) is 0 Å². The summed E-state index contributed by atoms with van der Waals surface area (Å²) in [6, 6.07) is 1.08. The predicted octanol–water partition coefficient (Wildman–Crippen LogP) is 2.17. The molecule has 0 atom stereocenters. The van der Waals surface area contributed by atoms with Crippen LogP contribution in [0.3, 0.4) is 0 Å². The molecule has 0 bridgehead atoms. The fourth-order valence-corrected chi connectivity index (χ4v) is 4.51. The van der Waals surface area contributed by atoms with Crippen molar-refractivity contribution in [1.82, 2.24) is 15.1 Å². The van der Waals surface area contributed by atoms with Crippen LogP contribution in [-0.4, -0.2) is 66.6 Å². The number of nitrogens with one attached hydrogen (secondary N) is 1. The SMILES string of the molecule is CN1CCC(N2CCC(NC(=O)C3(N)CCCCC3)CC2)CC1.Cl.Cl. The van der Waals surface area contributed by atoms with Crippen LogP contribution in [0.5, 0.6) is 0 Å². The molecule has 5 nitrogen and oxygen atoms in total. The summed E-state index contributed by atoms with van der Waals surface area (Å²) >= 11 is 0. The molecule has 148 valence electrons. The van der Waals surface area contributed by atoms with E-state index >= 15 is 0 Å². The lowest BCUT2D eigenvalue weighted by atomic mass is 9.81. The van der Waals surface area contributed by atoms with Gasteiger partial charge in [-0.1, -0.05) is 19.3 Å². The van der Waals surface area contributed by atoms with Crippen molar-refractivity contribution in [1.29, 1.82) is 0 Å². The number of carbonyl (C=O) groups is 1. The second-order valence-electron chi connectivity index (χ2n) is 8.03. The van der Waals surface area contributed by atoms with E-state index < -0.39 is 5.54 Å². The first-order chi connectivity index (χ1) is 11.1. The molecule has 2 saturated heterocycles. The maximum atomic E-state index is 12.6. The lowest BCUT2D eigenvalue weighted by molar-refractivity contribution is -0.128. The number of hydrogen-bond acceptors (Lipinski definition) is 4. The minimum Gasteiger partial charge on any atom is -0.352 e. The van der Waals surface area contributed by atoms with Crippen LogP contribution in [0.15, 0.2) is 0 Å². The molecule has 3 N–H and O–H groups in total. The number of halogens is 2. The van der Waals surface area contributed by atoms with Gasteiger partial charge in [0.25, 0.3) is 0 Å². The molecule has 3 aliphatic rings. The van der Waals surface area contributed by atoms with Crippen LogP contribution in [0.25, 0.3) is 0 Å². The van der Waals surface area contributed by atoms with E-state index in [0.717, 1.165) is 57.7 Å². The molecule has 3 rings (SSSR count). The zero-order valence-electron chi connectivity index (χ0n) is 15.5. The summed E-state index contributed by atoms with van der Waals surface area (Å²) < 4.78 is 0. The van der Waals surface area contributed by atoms with E-state index in [1.54, 1.807) is 0 Å². The molecule has 25 heavy (non-hydrogen) atoms. The summed E-state index contributed by atoms with van der Waals surface area (Å²) in [6.45, 7) is 4.68. The highest BCUT2D eigenvalue weighted by atomic mass is 35.5. The summed E-state index contributed by atoms with van der Waals surface area (Å²) in [6.07, 6.45) is 9.86. The molecule has 3 fully saturated rings. The van der Waals surface area contributed by atoms with Crippen molar-refractivity contribution in [2.75, 3.05) is 33.2 Å². The van der Waals surface area contributed by atoms with Crippen LogP contribution in [-0.2, 0) is 4.79 Å². The number of nitrogens with two attached hydrogens (primary N) is 1. The zero-order valence-corrected chi connectivity index (χ0v) is 17.2. The van der Waals surface area contributed by atoms with Crippen LogP contribution in [0, 0.1) is 0 Å². The van der Waals surface area contributed by atoms with E-state index in [1.807, 2.05) is 0 Å². The Bertz CT molecular complexity index is 402. The van der Waals surface area contributed by atoms with Crippen molar-refractivity contribution in [2.45, 2.75) is 75.4 Å². The van der Waals surface area contributed by atoms with Crippen molar-refractivity contribution in [3.63, 3.8) is 0 Å². The molecule has 0 radical (unpaired) electrons. The molecule has 7 heteroatoms. The van der Waals surface area contributed by atoms with Gasteiger partial charge < -0.3 is 20.9 Å². The maximum Gasteiger partial charge on any atom is 0.240 e. The summed E-state index contributed by atoms with van der Waals surface area (Å²) in [5.74, 6) is 0.106. The van der Waals surface area contributed by atoms with E-state index in [0.29, 0.717) is 6.04 Å². The Balaban J connectivity index is 0.00000156. The Kier molecular flexibility index (Phi) is 9.47. The molecule has 0 unspecified atom stereocenters. The van der Waals surface area contributed by atoms with Gasteiger partial charge in [0, 0.05) is 25.2 Å². The van der Waals surface area contributed by atoms with Crippen LogP contribution in [0.2, 0.25) is 0 Å². The summed E-state index contributed by atoms with van der Waals surface area (Å²) in [5, 5.41) is 3.26. The van der Waals surface area contributed by atoms with E-state index in [1.165, 1.54) is 32.4 Å². The second kappa shape index (κ2) is 10.3. The van der Waals surface area contributed by atoms with Gasteiger partial charge in [-0.05, 0) is 58.7 Å². The third-order valence-electron chi connectivity index (χ3n) is 6.27. The Morgan fingerprint density at radius 2 is 1.52 bits per heavy atom. The fraction of sp³-hybridized carbons (Fsp3) is 0.944. The Morgan fingerprint density at radius 1 is 0.960 bits per heavy atom. The van der Waals surface area contributed by atoms with Crippen molar-refractivity contribution in [2.24, 2.45) is 5.73 Å². The van der Waals surface area contributed by atoms with Crippen LogP contribution in [0.4, 0.5) is 0 Å². The fourth-order valence-electron chi connectivity index (χ4n) is 4.51. The normalized spacial score (nSPS) is 26.3. The van der Waals surface area contributed by atoms with Crippen molar-refractivity contribution >= 4 is 30.7 Å². The Labute approximate surface area is 165 Å². The number of hydrogen-bond donors (Lipinski definition) is 2. The van der Waals surface area contributed by atoms with E-state index in [4.69, 9.17) is 5.73 Å². The molecular weight excluding hydrogens is 359 g/mol. The van der Waals surface area contributed by atoms with Crippen molar-refractivity contribution in [3.05, 3.63) is 0 Å². The minimum atomic E-state index is -0.594. The minimum absolute atomic E-state index is 0. The number of piperidine rings is 2. The van der Waals surface area contributed by atoms with Gasteiger partial charge >= 0.3 is 0 Å². The Hall–Kier alpha value is -0.0700. The first-order valence-electron chi connectivity index (χ1n) is 9.59. The standard InChI is InChI=1S/C18H34N4O.2ClH/c1-21-11-7-16(8-12-21)22-13-5-15(6-14-22)20-17(23)18(19)9-3-2-4-10-18;;/h15-16H,2-14,19H2,1H3,(H,20,23);2*1H. The highest BCUT2D eigenvalue weighted by Gasteiger charge is 2.37. The van der Waals surface area contributed by atoms with Gasteiger partial charge in [0.15, 0.2) is 0 Å². The molecule has 1 saturated carbocycles. The monoisotopic (exact) mass is 394 g/mol. The third-order valence-corrected chi connectivity index (χ3v) is 6.27. The lowest BCUT2D eigenvalue weighted by Crippen LogP contribution is -2.58. The van der Waals surface area contributed by atoms with Crippen LogP contribution >= 0.6 is 24.8 Å². The average Bonchev–Trinajstić information content (AvgIpc) is 2.57. The summed E-state index contributed by atoms with van der Waals surface area (Å²) in [7, 11) is 2.21. The summed E-state index contributed by atoms with van der Waals surface area (Å²) in [4.78, 5) is 17.6. The van der Waals surface area contributed by atoms with Gasteiger partial charge in [0.2, 0.25) is 5.91 Å². The van der Waals surface area contributed by atoms with Crippen molar-refractivity contribution < 1.29 is 4.79 Å². The molecule has 0 aromatic heterocycles. The highest BCUT2D eigenvalue weighted by molar-refractivity contribution is 5.86. The molecule has 0 aromatic rings. The Morgan fingerprint density at radius 3 is 2.08 bits per heavy atom. The second-order valence-corrected chi connectivity index (χ2v) is 8.03. The first-order valence-corrected chi connectivity index (χ1v) is 9.59. The molecule has 1 aliphatic carbocycles. The van der Waals surface area contributed by atoms with E-state index in [9.17, 15) is 4.79 Å². The van der Waals surface area contributed by atoms with Gasteiger partial charge in [0.1, 0.15) is 0 Å². The van der Waals surface area contributed by atoms with Gasteiger partial charge in [-0.15, -0.1) is 24.8 Å². The smallest absolute Gasteiger partial charge is 0.240 e. The van der Waals surface area contributed by atoms with E-state index in [2.05, 4.69) is 22.2 Å². The van der Waals surface area contributed by atoms with Gasteiger partial charge in [0.05, 0.1) is 5.54 Å². The van der Waals surface area contributed by atoms with Crippen LogP contribution < -0.4 is 11.1 Å². The highest BCUT2D eigenvalue weighted by Crippen LogP contribution is 2.27. The molecule has 0 aromatic carbocycles.